The molecule has 0 radical (unpaired) electrons. The van der Waals surface area contributed by atoms with Gasteiger partial charge in [0.15, 0.2) is 24.8 Å². The number of hydrogen-bond acceptors (Lipinski definition) is 26. The predicted molar refractivity (Wildman–Crippen MR) is 253 cm³/mol. The van der Waals surface area contributed by atoms with E-state index in [0.717, 1.165) is 0 Å². The fraction of sp³-hybridized carbons (Fsp3) is 0.462. The first-order chi connectivity index (χ1) is 37.5. The first-order valence-corrected chi connectivity index (χ1v) is 24.5. The van der Waals surface area contributed by atoms with Crippen molar-refractivity contribution in [2.45, 2.75) is 123 Å². The molecule has 420 valence electrons. The van der Waals surface area contributed by atoms with Crippen molar-refractivity contribution < 1.29 is 127 Å². The number of aliphatic hydroxyl groups excluding tert-OH is 10. The molecule has 12 rings (SSSR count). The summed E-state index contributed by atoms with van der Waals surface area (Å²) in [6.07, 6.45) is -36.0. The van der Waals surface area contributed by atoms with Crippen molar-refractivity contribution in [1.29, 1.82) is 0 Å². The highest BCUT2D eigenvalue weighted by Crippen LogP contribution is 2.35. The second kappa shape index (κ2) is 24.8. The molecule has 8 aliphatic rings. The Balaban J connectivity index is 1.05. The number of carbonyl (C=O) groups is 4. The molecule has 0 aliphatic carbocycles. The van der Waals surface area contributed by atoms with Crippen molar-refractivity contribution >= 4 is 23.9 Å². The van der Waals surface area contributed by atoms with Crippen LogP contribution in [0.5, 0.6) is 11.5 Å². The van der Waals surface area contributed by atoms with Crippen LogP contribution in [0.15, 0.2) is 109 Å². The first-order valence-electron chi connectivity index (χ1n) is 24.5. The largest absolute Gasteiger partial charge is 0.461 e. The molecule has 4 fully saturated rings. The minimum Gasteiger partial charge on any atom is -0.461 e. The van der Waals surface area contributed by atoms with Gasteiger partial charge in [-0.2, -0.15) is 0 Å². The van der Waals surface area contributed by atoms with Gasteiger partial charge in [-0.15, -0.1) is 0 Å². The molecule has 26 heteroatoms. The second-order valence-electron chi connectivity index (χ2n) is 18.6. The van der Waals surface area contributed by atoms with E-state index in [1.54, 1.807) is 36.4 Å². The van der Waals surface area contributed by atoms with Gasteiger partial charge in [0.2, 0.25) is 12.6 Å². The van der Waals surface area contributed by atoms with E-state index in [-0.39, 0.29) is 33.8 Å². The molecule has 0 unspecified atom stereocenters. The summed E-state index contributed by atoms with van der Waals surface area (Å²) in [5.74, 6) is -4.10. The summed E-state index contributed by atoms with van der Waals surface area (Å²) in [4.78, 5) is 54.8. The summed E-state index contributed by atoms with van der Waals surface area (Å²) in [5.41, 5.74) is -0.174. The smallest absolute Gasteiger partial charge is 0.338 e. The van der Waals surface area contributed by atoms with Gasteiger partial charge in [-0.25, -0.2) is 19.2 Å². The summed E-state index contributed by atoms with van der Waals surface area (Å²) < 4.78 is 70.8. The fourth-order valence-corrected chi connectivity index (χ4v) is 9.13. The molecule has 4 aromatic carbocycles. The summed E-state index contributed by atoms with van der Waals surface area (Å²) in [7, 11) is 0. The Morgan fingerprint density at radius 3 is 1.14 bits per heavy atom. The van der Waals surface area contributed by atoms with Crippen LogP contribution in [0.2, 0.25) is 0 Å². The summed E-state index contributed by atoms with van der Waals surface area (Å²) in [6, 6.07) is 25.2. The van der Waals surface area contributed by atoms with Crippen LogP contribution in [-0.2, 0) is 47.4 Å². The SMILES string of the molecule is O=C1OC[C@@H]2O[C@H](Oc3ccc(cc3)C(=O)OC[C@H]3O[C@@H](Oc4ccc1cc4)[C@H](OC(=O)c1ccccc1)[C@@H](O)[C@@H]3O[C@@H]1O[C@H](CO)[C@@H](O)[C@H](O)[C@H]1O)[C@@H](OC(=O)c1ccccc1)[C@H](O)[C@H]2O[C@@H]1O[C@H](CO)[C@@H](O)[C@H](O)[C@H]1O. The molecule has 0 amide bonds. The molecule has 0 aromatic heterocycles. The molecule has 78 heavy (non-hydrogen) atoms. The van der Waals surface area contributed by atoms with E-state index in [4.69, 9.17) is 56.8 Å². The van der Waals surface area contributed by atoms with Crippen molar-refractivity contribution in [2.75, 3.05) is 26.4 Å². The zero-order valence-electron chi connectivity index (χ0n) is 40.8. The van der Waals surface area contributed by atoms with Crippen LogP contribution in [-0.4, -0.2) is 224 Å². The maximum absolute atomic E-state index is 13.8. The number of hydrogen-bond donors (Lipinski definition) is 10. The van der Waals surface area contributed by atoms with Crippen LogP contribution >= 0.6 is 0 Å². The Hall–Kier alpha value is -6.28. The maximum atomic E-state index is 13.8. The Bertz CT molecular complexity index is 2460. The Morgan fingerprint density at radius 2 is 0.795 bits per heavy atom. The molecule has 8 heterocycles. The Morgan fingerprint density at radius 1 is 0.436 bits per heavy atom. The second-order valence-corrected chi connectivity index (χ2v) is 18.6. The molecular formula is C52H56O26. The van der Waals surface area contributed by atoms with E-state index < -0.39 is 173 Å². The normalized spacial score (nSPS) is 36.3. The highest BCUT2D eigenvalue weighted by molar-refractivity contribution is 5.91. The van der Waals surface area contributed by atoms with Gasteiger partial charge in [0.25, 0.3) is 0 Å². The van der Waals surface area contributed by atoms with Crippen molar-refractivity contribution in [3.05, 3.63) is 131 Å². The molecule has 4 aromatic rings. The van der Waals surface area contributed by atoms with E-state index in [0.29, 0.717) is 0 Å². The van der Waals surface area contributed by atoms with Crippen molar-refractivity contribution in [2.24, 2.45) is 0 Å². The number of aliphatic hydroxyl groups is 10. The molecule has 10 N–H and O–H groups in total. The molecule has 26 nitrogen and oxygen atoms in total. The number of esters is 4. The van der Waals surface area contributed by atoms with Crippen LogP contribution in [0.3, 0.4) is 0 Å². The lowest BCUT2D eigenvalue weighted by Gasteiger charge is -2.46. The van der Waals surface area contributed by atoms with Crippen molar-refractivity contribution in [3.8, 4) is 11.5 Å². The third kappa shape index (κ3) is 12.3. The van der Waals surface area contributed by atoms with Gasteiger partial charge < -0.3 is 108 Å². The van der Waals surface area contributed by atoms with Crippen LogP contribution in [0.25, 0.3) is 0 Å². The number of carbonyl (C=O) groups excluding carboxylic acids is 4. The number of benzene rings is 4. The molecule has 4 saturated heterocycles. The minimum atomic E-state index is -1.99. The van der Waals surface area contributed by atoms with Crippen LogP contribution in [0, 0.1) is 0 Å². The average molecular weight is 1100 g/mol. The van der Waals surface area contributed by atoms with Crippen LogP contribution < -0.4 is 9.47 Å². The highest BCUT2D eigenvalue weighted by Gasteiger charge is 2.55. The quantitative estimate of drug-likeness (QED) is 0.0578. The van der Waals surface area contributed by atoms with Gasteiger partial charge in [-0.1, -0.05) is 36.4 Å². The molecule has 0 spiro atoms. The minimum absolute atomic E-state index is 0.0339. The molecule has 0 saturated carbocycles. The zero-order valence-corrected chi connectivity index (χ0v) is 40.8. The zero-order chi connectivity index (χ0) is 55.4. The predicted octanol–water partition coefficient (Wildman–Crippen LogP) is -2.54. The Labute approximate surface area is 442 Å². The van der Waals surface area contributed by atoms with Gasteiger partial charge in [0.1, 0.15) is 110 Å². The van der Waals surface area contributed by atoms with Crippen LogP contribution in [0.1, 0.15) is 41.4 Å². The topological polar surface area (TPSA) is 381 Å². The fourth-order valence-electron chi connectivity index (χ4n) is 9.13. The van der Waals surface area contributed by atoms with E-state index >= 15 is 0 Å². The summed E-state index contributed by atoms with van der Waals surface area (Å²) in [5, 5.41) is 108. The molecule has 8 aliphatic heterocycles. The maximum Gasteiger partial charge on any atom is 0.338 e. The monoisotopic (exact) mass is 1100 g/mol. The van der Waals surface area contributed by atoms with Gasteiger partial charge in [0.05, 0.1) is 35.5 Å². The van der Waals surface area contributed by atoms with Gasteiger partial charge in [0, 0.05) is 0 Å². The lowest BCUT2D eigenvalue weighted by molar-refractivity contribution is -0.351. The van der Waals surface area contributed by atoms with Gasteiger partial charge in [-0.05, 0) is 72.8 Å². The third-order valence-electron chi connectivity index (χ3n) is 13.5. The molecular weight excluding hydrogens is 1040 g/mol. The standard InChI is InChI=1S/C52H56O26/c53-19-29-33(55)35(57)37(59)49(71-29)77-41-31-21-67-45(63)26-13-17-28(18-14-26)70-52-44(76-48(66)24-9-5-2-6-10-24)40(62)42(78-50-38(60)36(58)34(56)30(20-54)72-50)32(74-52)22-68-46(64)25-11-15-27(16-12-25)69-51(73-31)43(39(41)61)75-47(65)23-7-3-1-4-8-23/h1-18,29-44,49-62H,19-22H2/t29-,30-,31-,32+,33-,34-,35+,36+,37-,38-,39+,40-,41-,42+,43-,44+,49+,50+,51-,52+/m1/s1. The van der Waals surface area contributed by atoms with Crippen molar-refractivity contribution in [3.63, 3.8) is 0 Å². The van der Waals surface area contributed by atoms with E-state index in [1.165, 1.54) is 72.8 Å². The Kier molecular flexibility index (Phi) is 17.9. The number of ether oxygens (including phenoxy) is 12. The first kappa shape index (κ1) is 56.4. The lowest BCUT2D eigenvalue weighted by Crippen LogP contribution is -2.65. The van der Waals surface area contributed by atoms with E-state index in [9.17, 15) is 70.2 Å². The number of rotatable bonds is 10. The van der Waals surface area contributed by atoms with Gasteiger partial charge >= 0.3 is 23.9 Å². The molecule has 8 bridgehead atoms. The van der Waals surface area contributed by atoms with E-state index in [2.05, 4.69) is 0 Å². The van der Waals surface area contributed by atoms with Gasteiger partial charge in [-0.3, -0.25) is 0 Å². The summed E-state index contributed by atoms with van der Waals surface area (Å²) >= 11 is 0. The van der Waals surface area contributed by atoms with Crippen molar-refractivity contribution in [1.82, 2.24) is 0 Å². The lowest BCUT2D eigenvalue weighted by atomic mass is 9.96. The average Bonchev–Trinajstić information content (AvgIpc) is 3.56. The molecule has 20 atom stereocenters. The summed E-state index contributed by atoms with van der Waals surface area (Å²) in [6.45, 7) is -3.22. The highest BCUT2D eigenvalue weighted by atomic mass is 16.8. The van der Waals surface area contributed by atoms with E-state index in [1.807, 2.05) is 0 Å². The van der Waals surface area contributed by atoms with Crippen LogP contribution in [0.4, 0.5) is 0 Å². The third-order valence-corrected chi connectivity index (χ3v) is 13.5.